The first-order valence-electron chi connectivity index (χ1n) is 19.8. The Kier molecular flexibility index (Phi) is 13.9. The third-order valence-corrected chi connectivity index (χ3v) is 20.4. The van der Waals surface area contributed by atoms with Crippen LogP contribution in [0.15, 0.2) is 18.2 Å². The van der Waals surface area contributed by atoms with E-state index in [1.807, 2.05) is 0 Å². The van der Waals surface area contributed by atoms with E-state index >= 15 is 0 Å². The topological polar surface area (TPSA) is 117 Å². The standard InChI is InChI=1S/C41H64O11Si3/c1-25(2)55(26(3)4,27(5)6)52-41-31-21-34(51-41)50-33-20-30-37(40(36(31)33)49-22-44-7)39(43)35-29(38(30)42)18-28(47-23-45-14-16-53(8,9)10)19-32(35)48-24-46-15-17-54(11,12)13/h18-20,25-27,31,34,41H,14-17,21-24H2,1-13H3/t31-,34+,41-/m1/s1. The van der Waals surface area contributed by atoms with Crippen LogP contribution in [0.1, 0.15) is 91.3 Å². The van der Waals surface area contributed by atoms with Gasteiger partial charge < -0.3 is 42.3 Å². The normalized spacial score (nSPS) is 19.5. The van der Waals surface area contributed by atoms with E-state index in [0.717, 1.165) is 12.1 Å². The summed E-state index contributed by atoms with van der Waals surface area (Å²) in [4.78, 5) is 29.5. The average Bonchev–Trinajstić information content (AvgIpc) is 3.40. The molecule has 2 bridgehead atoms. The molecule has 2 heterocycles. The molecule has 1 aliphatic carbocycles. The van der Waals surface area contributed by atoms with Crippen LogP contribution in [0.5, 0.6) is 23.0 Å². The van der Waals surface area contributed by atoms with E-state index in [0.29, 0.717) is 53.3 Å². The second-order valence-corrected chi connectivity index (χ2v) is 35.0. The summed E-state index contributed by atoms with van der Waals surface area (Å²) in [7, 11) is -3.52. The summed E-state index contributed by atoms with van der Waals surface area (Å²) in [6, 6.07) is 6.81. The summed E-state index contributed by atoms with van der Waals surface area (Å²) in [6.07, 6.45) is -0.673. The fraction of sp³-hybridized carbons (Fsp3) is 0.659. The molecule has 3 aliphatic rings. The zero-order valence-corrected chi connectivity index (χ0v) is 38.3. The molecule has 3 atom stereocenters. The van der Waals surface area contributed by atoms with Crippen molar-refractivity contribution >= 4 is 36.0 Å². The molecular formula is C41H64O11Si3. The molecular weight excluding hydrogens is 753 g/mol. The van der Waals surface area contributed by atoms with Gasteiger partial charge in [-0.2, -0.15) is 0 Å². The van der Waals surface area contributed by atoms with E-state index in [2.05, 4.69) is 80.8 Å². The van der Waals surface area contributed by atoms with Crippen LogP contribution in [0.4, 0.5) is 0 Å². The Morgan fingerprint density at radius 1 is 0.727 bits per heavy atom. The van der Waals surface area contributed by atoms with Crippen LogP contribution in [0.2, 0.25) is 68.0 Å². The molecule has 2 aromatic rings. The van der Waals surface area contributed by atoms with Crippen molar-refractivity contribution in [1.29, 1.82) is 0 Å². The van der Waals surface area contributed by atoms with Gasteiger partial charge in [-0.25, -0.2) is 0 Å². The van der Waals surface area contributed by atoms with Gasteiger partial charge in [-0.15, -0.1) is 0 Å². The second-order valence-electron chi connectivity index (χ2n) is 18.4. The minimum absolute atomic E-state index is 0.00885. The number of hydrogen-bond acceptors (Lipinski definition) is 11. The zero-order valence-electron chi connectivity index (χ0n) is 35.3. The lowest BCUT2D eigenvalue weighted by Gasteiger charge is -2.44. The summed E-state index contributed by atoms with van der Waals surface area (Å²) in [5.74, 6) is 0.102. The number of carbonyl (C=O) groups excluding carboxylic acids is 2. The molecule has 0 spiro atoms. The van der Waals surface area contributed by atoms with Crippen LogP contribution in [0, 0.1) is 0 Å². The first-order chi connectivity index (χ1) is 25.8. The van der Waals surface area contributed by atoms with Crippen molar-refractivity contribution in [2.45, 2.75) is 134 Å². The fourth-order valence-corrected chi connectivity index (χ4v) is 15.1. The minimum atomic E-state index is -2.40. The van der Waals surface area contributed by atoms with Gasteiger partial charge in [-0.05, 0) is 40.8 Å². The van der Waals surface area contributed by atoms with E-state index in [1.54, 1.807) is 18.2 Å². The molecule has 0 saturated carbocycles. The Morgan fingerprint density at radius 2 is 1.31 bits per heavy atom. The first-order valence-corrected chi connectivity index (χ1v) is 29.4. The lowest BCUT2D eigenvalue weighted by molar-refractivity contribution is -0.141. The van der Waals surface area contributed by atoms with Gasteiger partial charge in [0.2, 0.25) is 20.4 Å². The van der Waals surface area contributed by atoms with E-state index < -0.39 is 42.8 Å². The Bertz CT molecular complexity index is 1670. The van der Waals surface area contributed by atoms with Gasteiger partial charge in [0, 0.05) is 71.6 Å². The number of carbonyl (C=O) groups is 2. The van der Waals surface area contributed by atoms with Gasteiger partial charge in [-0.1, -0.05) is 80.8 Å². The SMILES string of the molecule is COCOc1c2c(cc3c1[C@H]1C[C@@H](O3)O[C@@H]1O[Si](C(C)C)(C(C)C)C(C)C)C(=O)c1cc(OCOCC[Si](C)(C)C)cc(OCOCC[Si](C)(C)C)c1C2=O. The van der Waals surface area contributed by atoms with Crippen molar-refractivity contribution in [3.8, 4) is 23.0 Å². The van der Waals surface area contributed by atoms with Gasteiger partial charge in [0.15, 0.2) is 32.5 Å². The van der Waals surface area contributed by atoms with E-state index in [4.69, 9.17) is 42.3 Å². The maximum Gasteiger partial charge on any atom is 0.203 e. The van der Waals surface area contributed by atoms with Gasteiger partial charge in [0.1, 0.15) is 23.0 Å². The summed E-state index contributed by atoms with van der Waals surface area (Å²) in [6.45, 7) is 27.9. The molecule has 0 aromatic heterocycles. The van der Waals surface area contributed by atoms with Crippen molar-refractivity contribution in [3.05, 3.63) is 46.0 Å². The maximum absolute atomic E-state index is 14.9. The molecule has 0 N–H and O–H groups in total. The zero-order chi connectivity index (χ0) is 40.5. The van der Waals surface area contributed by atoms with Crippen molar-refractivity contribution in [2.24, 2.45) is 0 Å². The number of ketones is 2. The monoisotopic (exact) mass is 816 g/mol. The van der Waals surface area contributed by atoms with Crippen LogP contribution in [0.3, 0.4) is 0 Å². The molecule has 1 fully saturated rings. The molecule has 0 unspecified atom stereocenters. The summed E-state index contributed by atoms with van der Waals surface area (Å²) in [5.41, 5.74) is 2.19. The van der Waals surface area contributed by atoms with Crippen molar-refractivity contribution in [3.63, 3.8) is 0 Å². The van der Waals surface area contributed by atoms with Crippen LogP contribution < -0.4 is 18.9 Å². The van der Waals surface area contributed by atoms with Crippen LogP contribution in [-0.4, -0.2) is 89.3 Å². The summed E-state index contributed by atoms with van der Waals surface area (Å²) < 4.78 is 55.6. The summed E-state index contributed by atoms with van der Waals surface area (Å²) in [5, 5.41) is 0. The molecule has 0 radical (unpaired) electrons. The third kappa shape index (κ3) is 9.60. The third-order valence-electron chi connectivity index (χ3n) is 10.9. The molecule has 0 amide bonds. The summed E-state index contributed by atoms with van der Waals surface area (Å²) >= 11 is 0. The first kappa shape index (κ1) is 43.6. The Balaban J connectivity index is 1.55. The number of fused-ring (bicyclic) bond motifs is 6. The second kappa shape index (κ2) is 17.5. The minimum Gasteiger partial charge on any atom is -0.467 e. The van der Waals surface area contributed by atoms with Crippen LogP contribution >= 0.6 is 0 Å². The number of benzene rings is 2. The predicted octanol–water partition coefficient (Wildman–Crippen LogP) is 9.57. The average molecular weight is 817 g/mol. The predicted molar refractivity (Wildman–Crippen MR) is 220 cm³/mol. The Morgan fingerprint density at radius 3 is 1.87 bits per heavy atom. The van der Waals surface area contributed by atoms with Crippen LogP contribution in [-0.2, 0) is 23.4 Å². The smallest absolute Gasteiger partial charge is 0.203 e. The molecule has 5 rings (SSSR count). The number of ether oxygens (including phenoxy) is 8. The molecule has 2 aliphatic heterocycles. The quantitative estimate of drug-likeness (QED) is 0.0617. The number of rotatable bonds is 20. The number of hydrogen-bond donors (Lipinski definition) is 0. The lowest BCUT2D eigenvalue weighted by Crippen LogP contribution is -2.51. The van der Waals surface area contributed by atoms with E-state index in [-0.39, 0.29) is 65.8 Å². The highest BCUT2D eigenvalue weighted by atomic mass is 28.4. The number of methoxy groups -OCH3 is 1. The van der Waals surface area contributed by atoms with Crippen molar-refractivity contribution in [1.82, 2.24) is 0 Å². The maximum atomic E-state index is 14.9. The van der Waals surface area contributed by atoms with Crippen molar-refractivity contribution < 1.29 is 51.9 Å². The van der Waals surface area contributed by atoms with Crippen LogP contribution in [0.25, 0.3) is 0 Å². The fourth-order valence-electron chi connectivity index (χ4n) is 8.14. The van der Waals surface area contributed by atoms with Crippen molar-refractivity contribution in [2.75, 3.05) is 40.7 Å². The molecule has 2 aromatic carbocycles. The largest absolute Gasteiger partial charge is 0.467 e. The van der Waals surface area contributed by atoms with Gasteiger partial charge >= 0.3 is 0 Å². The Hall–Kier alpha value is -2.57. The highest BCUT2D eigenvalue weighted by molar-refractivity contribution is 6.78. The van der Waals surface area contributed by atoms with E-state index in [9.17, 15) is 9.59 Å². The highest BCUT2D eigenvalue weighted by Crippen LogP contribution is 2.55. The van der Waals surface area contributed by atoms with E-state index in [1.165, 1.54) is 7.11 Å². The Labute approximate surface area is 331 Å². The van der Waals surface area contributed by atoms with Gasteiger partial charge in [0.05, 0.1) is 11.1 Å². The lowest BCUT2D eigenvalue weighted by atomic mass is 9.79. The van der Waals surface area contributed by atoms with Gasteiger partial charge in [0.25, 0.3) is 0 Å². The molecule has 1 saturated heterocycles. The molecule has 14 heteroatoms. The van der Waals surface area contributed by atoms with Gasteiger partial charge in [-0.3, -0.25) is 9.59 Å². The highest BCUT2D eigenvalue weighted by Gasteiger charge is 2.54. The molecule has 55 heavy (non-hydrogen) atoms. The molecule has 11 nitrogen and oxygen atoms in total. The molecule has 306 valence electrons.